The molecule has 0 aliphatic carbocycles. The van der Waals surface area contributed by atoms with Gasteiger partial charge in [0, 0.05) is 0 Å². The summed E-state index contributed by atoms with van der Waals surface area (Å²) >= 11 is 0. The summed E-state index contributed by atoms with van der Waals surface area (Å²) in [4.78, 5) is 11.0. The molecular weight excluding hydrogens is 168 g/mol. The van der Waals surface area contributed by atoms with Gasteiger partial charge in [-0.1, -0.05) is 0 Å². The van der Waals surface area contributed by atoms with Crippen molar-refractivity contribution in [3.63, 3.8) is 0 Å². The third kappa shape index (κ3) is 1.44. The van der Waals surface area contributed by atoms with E-state index in [1.54, 1.807) is 0 Å². The lowest BCUT2D eigenvalue weighted by atomic mass is 10.0. The fraction of sp³-hybridized carbons (Fsp3) is 0.111. The molecule has 0 atom stereocenters. The highest BCUT2D eigenvalue weighted by molar-refractivity contribution is 6.00. The number of Topliss-reactive ketones (excluding diaryl/α,β-unsaturated/α-hetero) is 1. The summed E-state index contributed by atoms with van der Waals surface area (Å²) in [5.41, 5.74) is 5.60. The van der Waals surface area contributed by atoms with Crippen LogP contribution in [0.1, 0.15) is 22.8 Å². The van der Waals surface area contributed by atoms with Gasteiger partial charge >= 0.3 is 0 Å². The zero-order chi connectivity index (χ0) is 10.0. The van der Waals surface area contributed by atoms with Gasteiger partial charge in [0.05, 0.1) is 16.8 Å². The van der Waals surface area contributed by atoms with Crippen molar-refractivity contribution in [3.05, 3.63) is 23.3 Å². The number of aromatic hydroxyl groups is 1. The number of nitrogen functional groups attached to an aromatic ring is 1. The van der Waals surface area contributed by atoms with E-state index in [9.17, 15) is 9.90 Å². The number of anilines is 1. The maximum Gasteiger partial charge on any atom is 0.164 e. The number of phenols is 1. The first-order valence-corrected chi connectivity index (χ1v) is 3.60. The number of phenolic OH excluding ortho intramolecular Hbond substituents is 1. The standard InChI is InChI=1S/C9H8N2O2/c1-5(12)8-6(4-10)2-3-7(11)9(8)13/h2-3,13H,11H2,1H3. The maximum absolute atomic E-state index is 11.0. The normalized spacial score (nSPS) is 9.23. The predicted molar refractivity (Wildman–Crippen MR) is 47.2 cm³/mol. The van der Waals surface area contributed by atoms with E-state index < -0.39 is 0 Å². The van der Waals surface area contributed by atoms with Gasteiger partial charge in [-0.3, -0.25) is 4.79 Å². The lowest BCUT2D eigenvalue weighted by Crippen LogP contribution is -2.00. The summed E-state index contributed by atoms with van der Waals surface area (Å²) in [6, 6.07) is 4.61. The van der Waals surface area contributed by atoms with Crippen molar-refractivity contribution < 1.29 is 9.90 Å². The fourth-order valence-electron chi connectivity index (χ4n) is 1.06. The number of nitrogens with two attached hydrogens (primary N) is 1. The molecule has 0 saturated heterocycles. The lowest BCUT2D eigenvalue weighted by Gasteiger charge is -2.04. The molecule has 0 heterocycles. The Balaban J connectivity index is 3.53. The van der Waals surface area contributed by atoms with Crippen LogP contribution in [0.15, 0.2) is 12.1 Å². The van der Waals surface area contributed by atoms with Crippen LogP contribution in [-0.4, -0.2) is 10.9 Å². The molecular formula is C9H8N2O2. The minimum Gasteiger partial charge on any atom is -0.505 e. The number of hydrogen-bond donors (Lipinski definition) is 2. The van der Waals surface area contributed by atoms with Crippen LogP contribution in [0.4, 0.5) is 5.69 Å². The number of ketones is 1. The van der Waals surface area contributed by atoms with Crippen molar-refractivity contribution in [2.75, 3.05) is 5.73 Å². The molecule has 1 aromatic rings. The van der Waals surface area contributed by atoms with Crippen LogP contribution < -0.4 is 5.73 Å². The summed E-state index contributed by atoms with van der Waals surface area (Å²) in [7, 11) is 0. The fourth-order valence-corrected chi connectivity index (χ4v) is 1.06. The van der Waals surface area contributed by atoms with Gasteiger partial charge in [0.1, 0.15) is 6.07 Å². The average Bonchev–Trinajstić information content (AvgIpc) is 2.08. The first kappa shape index (κ1) is 9.07. The van der Waals surface area contributed by atoms with Gasteiger partial charge < -0.3 is 10.8 Å². The van der Waals surface area contributed by atoms with Crippen molar-refractivity contribution in [1.82, 2.24) is 0 Å². The Morgan fingerprint density at radius 3 is 2.69 bits per heavy atom. The number of carbonyl (C=O) groups excluding carboxylic acids is 1. The van der Waals surface area contributed by atoms with Gasteiger partial charge in [-0.25, -0.2) is 0 Å². The first-order valence-electron chi connectivity index (χ1n) is 3.60. The molecule has 0 amide bonds. The van der Waals surface area contributed by atoms with Crippen molar-refractivity contribution in [1.29, 1.82) is 5.26 Å². The maximum atomic E-state index is 11.0. The zero-order valence-electron chi connectivity index (χ0n) is 7.03. The lowest BCUT2D eigenvalue weighted by molar-refractivity contribution is 0.101. The third-order valence-corrected chi connectivity index (χ3v) is 1.68. The molecule has 4 nitrogen and oxygen atoms in total. The zero-order valence-corrected chi connectivity index (χ0v) is 7.03. The van der Waals surface area contributed by atoms with E-state index in [2.05, 4.69) is 0 Å². The van der Waals surface area contributed by atoms with E-state index in [-0.39, 0.29) is 28.3 Å². The minimum absolute atomic E-state index is 0.0116. The van der Waals surface area contributed by atoms with E-state index in [1.807, 2.05) is 6.07 Å². The average molecular weight is 176 g/mol. The van der Waals surface area contributed by atoms with E-state index in [1.165, 1.54) is 19.1 Å². The number of benzene rings is 1. The van der Waals surface area contributed by atoms with Crippen LogP contribution in [0, 0.1) is 11.3 Å². The second-order valence-electron chi connectivity index (χ2n) is 2.59. The number of hydrogen-bond acceptors (Lipinski definition) is 4. The van der Waals surface area contributed by atoms with Gasteiger partial charge in [0.25, 0.3) is 0 Å². The number of carbonyl (C=O) groups is 1. The summed E-state index contributed by atoms with van der Waals surface area (Å²) in [5, 5.41) is 18.0. The molecule has 0 aliphatic rings. The van der Waals surface area contributed by atoms with Gasteiger partial charge in [0.15, 0.2) is 11.5 Å². The Kier molecular flexibility index (Phi) is 2.20. The quantitative estimate of drug-likeness (QED) is 0.380. The molecule has 1 aromatic carbocycles. The van der Waals surface area contributed by atoms with Crippen LogP contribution in [0.3, 0.4) is 0 Å². The Morgan fingerprint density at radius 2 is 2.23 bits per heavy atom. The molecule has 0 fully saturated rings. The Morgan fingerprint density at radius 1 is 1.62 bits per heavy atom. The number of rotatable bonds is 1. The molecule has 0 spiro atoms. The number of nitriles is 1. The molecule has 0 radical (unpaired) electrons. The van der Waals surface area contributed by atoms with Gasteiger partial charge in [-0.05, 0) is 19.1 Å². The van der Waals surface area contributed by atoms with Crippen LogP contribution in [0.25, 0.3) is 0 Å². The van der Waals surface area contributed by atoms with Crippen LogP contribution in [0.5, 0.6) is 5.75 Å². The molecule has 3 N–H and O–H groups in total. The Labute approximate surface area is 75.2 Å². The van der Waals surface area contributed by atoms with Gasteiger partial charge in [-0.15, -0.1) is 0 Å². The second kappa shape index (κ2) is 3.15. The Bertz CT molecular complexity index is 405. The van der Waals surface area contributed by atoms with E-state index >= 15 is 0 Å². The van der Waals surface area contributed by atoms with Crippen molar-refractivity contribution in [2.24, 2.45) is 0 Å². The number of nitrogens with zero attached hydrogens (tertiary/aromatic N) is 1. The molecule has 4 heteroatoms. The van der Waals surface area contributed by atoms with E-state index in [0.29, 0.717) is 0 Å². The predicted octanol–water partition coefficient (Wildman–Crippen LogP) is 1.05. The smallest absolute Gasteiger partial charge is 0.164 e. The Hall–Kier alpha value is -2.02. The van der Waals surface area contributed by atoms with Gasteiger partial charge in [0.2, 0.25) is 0 Å². The molecule has 0 aliphatic heterocycles. The highest BCUT2D eigenvalue weighted by atomic mass is 16.3. The topological polar surface area (TPSA) is 87.1 Å². The summed E-state index contributed by atoms with van der Waals surface area (Å²) in [6.07, 6.45) is 0. The SMILES string of the molecule is CC(=O)c1c(C#N)ccc(N)c1O. The summed E-state index contributed by atoms with van der Waals surface area (Å²) in [6.45, 7) is 1.27. The van der Waals surface area contributed by atoms with Crippen molar-refractivity contribution >= 4 is 11.5 Å². The van der Waals surface area contributed by atoms with Gasteiger partial charge in [-0.2, -0.15) is 5.26 Å². The molecule has 0 saturated carbocycles. The minimum atomic E-state index is -0.374. The molecule has 0 aromatic heterocycles. The summed E-state index contributed by atoms with van der Waals surface area (Å²) < 4.78 is 0. The van der Waals surface area contributed by atoms with Crippen LogP contribution in [0.2, 0.25) is 0 Å². The monoisotopic (exact) mass is 176 g/mol. The van der Waals surface area contributed by atoms with Crippen LogP contribution in [-0.2, 0) is 0 Å². The van der Waals surface area contributed by atoms with E-state index in [0.717, 1.165) is 0 Å². The molecule has 0 bridgehead atoms. The van der Waals surface area contributed by atoms with Crippen molar-refractivity contribution in [2.45, 2.75) is 6.92 Å². The summed E-state index contributed by atoms with van der Waals surface area (Å²) in [5.74, 6) is -0.687. The first-order chi connectivity index (χ1) is 6.07. The second-order valence-corrected chi connectivity index (χ2v) is 2.59. The molecule has 1 rings (SSSR count). The molecule has 0 unspecified atom stereocenters. The molecule has 66 valence electrons. The largest absolute Gasteiger partial charge is 0.505 e. The van der Waals surface area contributed by atoms with E-state index in [4.69, 9.17) is 11.0 Å². The molecule has 13 heavy (non-hydrogen) atoms. The highest BCUT2D eigenvalue weighted by Gasteiger charge is 2.14. The third-order valence-electron chi connectivity index (χ3n) is 1.68. The van der Waals surface area contributed by atoms with Crippen molar-refractivity contribution in [3.8, 4) is 11.8 Å². The highest BCUT2D eigenvalue weighted by Crippen LogP contribution is 2.27. The van der Waals surface area contributed by atoms with Crippen LogP contribution >= 0.6 is 0 Å².